The van der Waals surface area contributed by atoms with Gasteiger partial charge in [-0.15, -0.1) is 0 Å². The van der Waals surface area contributed by atoms with Crippen LogP contribution in [0.5, 0.6) is 0 Å². The molecule has 1 atom stereocenters. The number of hydrogen-bond acceptors (Lipinski definition) is 2. The van der Waals surface area contributed by atoms with Crippen molar-refractivity contribution in [3.63, 3.8) is 0 Å². The molecule has 16 heavy (non-hydrogen) atoms. The van der Waals surface area contributed by atoms with Gasteiger partial charge in [-0.25, -0.2) is 4.79 Å². The number of ether oxygens (including phenoxy) is 1. The van der Waals surface area contributed by atoms with Gasteiger partial charge in [-0.1, -0.05) is 26.8 Å². The van der Waals surface area contributed by atoms with Gasteiger partial charge in [0.25, 0.3) is 0 Å². The first-order valence-corrected chi connectivity index (χ1v) is 5.53. The van der Waals surface area contributed by atoms with Crippen LogP contribution < -0.4 is 4.57 Å². The van der Waals surface area contributed by atoms with E-state index in [1.54, 1.807) is 4.57 Å². The van der Waals surface area contributed by atoms with Crippen molar-refractivity contribution in [3.05, 3.63) is 30.6 Å². The Kier molecular flexibility index (Phi) is 4.05. The maximum absolute atomic E-state index is 11.6. The molecule has 88 valence electrons. The Hall–Kier alpha value is -1.38. The minimum absolute atomic E-state index is 0.0169. The molecule has 0 bridgehead atoms. The largest absolute Gasteiger partial charge is 0.457 e. The minimum Gasteiger partial charge on any atom is -0.457 e. The molecule has 0 spiro atoms. The average molecular weight is 222 g/mol. The molecule has 3 nitrogen and oxygen atoms in total. The molecular formula is C13H20NO2+. The molecule has 0 amide bonds. The second kappa shape index (κ2) is 5.10. The zero-order valence-corrected chi connectivity index (χ0v) is 10.4. The first-order chi connectivity index (χ1) is 7.39. The Morgan fingerprint density at radius 3 is 2.31 bits per heavy atom. The highest BCUT2D eigenvalue weighted by Crippen LogP contribution is 2.21. The highest BCUT2D eigenvalue weighted by molar-refractivity contribution is 5.67. The molecule has 1 heterocycles. The zero-order valence-electron chi connectivity index (χ0n) is 10.4. The monoisotopic (exact) mass is 222 g/mol. The molecule has 0 radical (unpaired) electrons. The molecule has 0 aliphatic rings. The van der Waals surface area contributed by atoms with Crippen LogP contribution >= 0.6 is 0 Å². The van der Waals surface area contributed by atoms with Gasteiger partial charge in [0.1, 0.15) is 6.10 Å². The molecule has 0 aliphatic heterocycles. The molecule has 0 saturated carbocycles. The highest BCUT2D eigenvalue weighted by Gasteiger charge is 2.24. The molecule has 0 N–H and O–H groups in total. The Morgan fingerprint density at radius 2 is 1.81 bits per heavy atom. The lowest BCUT2D eigenvalue weighted by atomic mass is 9.90. The second-order valence-electron chi connectivity index (χ2n) is 5.05. The number of esters is 1. The minimum atomic E-state index is -0.196. The van der Waals surface area contributed by atoms with Gasteiger partial charge in [0.2, 0.25) is 6.54 Å². The van der Waals surface area contributed by atoms with E-state index in [9.17, 15) is 4.79 Å². The van der Waals surface area contributed by atoms with E-state index in [0.717, 1.165) is 0 Å². The van der Waals surface area contributed by atoms with E-state index in [-0.39, 0.29) is 24.0 Å². The lowest BCUT2D eigenvalue weighted by Crippen LogP contribution is -2.40. The van der Waals surface area contributed by atoms with Gasteiger partial charge in [0, 0.05) is 12.1 Å². The predicted molar refractivity (Wildman–Crippen MR) is 61.6 cm³/mol. The fraction of sp³-hybridized carbons (Fsp3) is 0.538. The fourth-order valence-electron chi connectivity index (χ4n) is 1.10. The summed E-state index contributed by atoms with van der Waals surface area (Å²) in [5.74, 6) is -0.196. The smallest absolute Gasteiger partial charge is 0.372 e. The van der Waals surface area contributed by atoms with Crippen molar-refractivity contribution in [3.8, 4) is 0 Å². The number of aromatic nitrogens is 1. The number of carbonyl (C=O) groups is 1. The summed E-state index contributed by atoms with van der Waals surface area (Å²) in [5, 5.41) is 0. The lowest BCUT2D eigenvalue weighted by molar-refractivity contribution is -0.686. The van der Waals surface area contributed by atoms with Gasteiger partial charge >= 0.3 is 5.97 Å². The Balaban J connectivity index is 2.49. The number of hydrogen-bond donors (Lipinski definition) is 0. The van der Waals surface area contributed by atoms with Crippen LogP contribution in [-0.4, -0.2) is 12.1 Å². The van der Waals surface area contributed by atoms with Crippen LogP contribution in [0.1, 0.15) is 27.7 Å². The predicted octanol–water partition coefficient (Wildman–Crippen LogP) is 1.95. The molecule has 0 unspecified atom stereocenters. The Labute approximate surface area is 97.1 Å². The summed E-state index contributed by atoms with van der Waals surface area (Å²) in [7, 11) is 0. The zero-order chi connectivity index (χ0) is 12.2. The SMILES string of the molecule is C[C@@H](OC(=O)C[n+]1ccccc1)C(C)(C)C. The van der Waals surface area contributed by atoms with E-state index in [1.807, 2.05) is 37.5 Å². The van der Waals surface area contributed by atoms with Crippen molar-refractivity contribution in [2.75, 3.05) is 0 Å². The van der Waals surface area contributed by atoms with Crippen molar-refractivity contribution in [2.45, 2.75) is 40.3 Å². The summed E-state index contributed by atoms with van der Waals surface area (Å²) in [5.41, 5.74) is -0.0169. The van der Waals surface area contributed by atoms with E-state index in [2.05, 4.69) is 20.8 Å². The van der Waals surface area contributed by atoms with Gasteiger partial charge in [-0.2, -0.15) is 4.57 Å². The Morgan fingerprint density at radius 1 is 1.25 bits per heavy atom. The van der Waals surface area contributed by atoms with E-state index in [1.165, 1.54) is 0 Å². The Bertz CT molecular complexity index is 341. The molecule has 1 rings (SSSR count). The van der Waals surface area contributed by atoms with Gasteiger partial charge in [-0.3, -0.25) is 0 Å². The van der Waals surface area contributed by atoms with Crippen LogP contribution in [0.15, 0.2) is 30.6 Å². The van der Waals surface area contributed by atoms with Gasteiger partial charge < -0.3 is 4.74 Å². The molecule has 1 aromatic heterocycles. The van der Waals surface area contributed by atoms with Crippen molar-refractivity contribution in [1.29, 1.82) is 0 Å². The van der Waals surface area contributed by atoms with Crippen molar-refractivity contribution in [2.24, 2.45) is 5.41 Å². The molecule has 0 saturated heterocycles. The standard InChI is InChI=1S/C13H20NO2/c1-11(13(2,3)4)16-12(15)10-14-8-6-5-7-9-14/h5-9,11H,10H2,1-4H3/q+1/t11-/m1/s1. The van der Waals surface area contributed by atoms with Crippen LogP contribution in [0.2, 0.25) is 0 Å². The molecule has 1 aromatic rings. The third kappa shape index (κ3) is 4.01. The van der Waals surface area contributed by atoms with Crippen LogP contribution in [0, 0.1) is 5.41 Å². The van der Waals surface area contributed by atoms with Crippen LogP contribution in [-0.2, 0) is 16.1 Å². The normalized spacial score (nSPS) is 13.2. The summed E-state index contributed by atoms with van der Waals surface area (Å²) in [6, 6.07) is 5.69. The number of rotatable bonds is 3. The van der Waals surface area contributed by atoms with Crippen molar-refractivity contribution in [1.82, 2.24) is 0 Å². The third-order valence-corrected chi connectivity index (χ3v) is 2.62. The number of carbonyl (C=O) groups excluding carboxylic acids is 1. The maximum atomic E-state index is 11.6. The van der Waals surface area contributed by atoms with Gasteiger partial charge in [0.15, 0.2) is 12.4 Å². The highest BCUT2D eigenvalue weighted by atomic mass is 16.5. The summed E-state index contributed by atoms with van der Waals surface area (Å²) in [6.45, 7) is 8.36. The van der Waals surface area contributed by atoms with Gasteiger partial charge in [0.05, 0.1) is 0 Å². The third-order valence-electron chi connectivity index (χ3n) is 2.62. The summed E-state index contributed by atoms with van der Waals surface area (Å²) in [4.78, 5) is 11.6. The first-order valence-electron chi connectivity index (χ1n) is 5.53. The summed E-state index contributed by atoms with van der Waals surface area (Å²) >= 11 is 0. The lowest BCUT2D eigenvalue weighted by Gasteiger charge is -2.26. The van der Waals surface area contributed by atoms with E-state index >= 15 is 0 Å². The molecule has 0 fully saturated rings. The topological polar surface area (TPSA) is 30.2 Å². The average Bonchev–Trinajstić information content (AvgIpc) is 2.17. The van der Waals surface area contributed by atoms with Crippen molar-refractivity contribution < 1.29 is 14.1 Å². The van der Waals surface area contributed by atoms with Crippen molar-refractivity contribution >= 4 is 5.97 Å². The summed E-state index contributed by atoms with van der Waals surface area (Å²) < 4.78 is 7.16. The fourth-order valence-corrected chi connectivity index (χ4v) is 1.10. The van der Waals surface area contributed by atoms with Crippen LogP contribution in [0.25, 0.3) is 0 Å². The van der Waals surface area contributed by atoms with Crippen LogP contribution in [0.3, 0.4) is 0 Å². The second-order valence-corrected chi connectivity index (χ2v) is 5.05. The van der Waals surface area contributed by atoms with Crippen LogP contribution in [0.4, 0.5) is 0 Å². The molecule has 0 aliphatic carbocycles. The van der Waals surface area contributed by atoms with E-state index in [0.29, 0.717) is 0 Å². The first kappa shape index (κ1) is 12.7. The molecule has 0 aromatic carbocycles. The summed E-state index contributed by atoms with van der Waals surface area (Å²) in [6.07, 6.45) is 3.62. The maximum Gasteiger partial charge on any atom is 0.372 e. The quantitative estimate of drug-likeness (QED) is 0.578. The molecular weight excluding hydrogens is 202 g/mol. The van der Waals surface area contributed by atoms with Gasteiger partial charge in [-0.05, 0) is 12.3 Å². The number of pyridine rings is 1. The van der Waals surface area contributed by atoms with E-state index in [4.69, 9.17) is 4.74 Å². The van der Waals surface area contributed by atoms with E-state index < -0.39 is 0 Å². The molecule has 3 heteroatoms. The number of nitrogens with zero attached hydrogens (tertiary/aromatic N) is 1.